The van der Waals surface area contributed by atoms with Crippen LogP contribution in [0, 0.1) is 0 Å². The number of para-hydroxylation sites is 1. The van der Waals surface area contributed by atoms with Gasteiger partial charge in [0.25, 0.3) is 5.91 Å². The zero-order valence-corrected chi connectivity index (χ0v) is 16.1. The first-order chi connectivity index (χ1) is 13.3. The molecule has 5 heteroatoms. The molecular weight excluding hydrogens is 338 g/mol. The van der Waals surface area contributed by atoms with Gasteiger partial charge in [0.05, 0.1) is 12.2 Å². The minimum Gasteiger partial charge on any atom is -0.493 e. The molecule has 0 atom stereocenters. The molecule has 2 aromatic rings. The standard InChI is InChI=1S/C22H29N3O2/c1-2-3-17-27-21-8-5-4-7-20(21)22(26)25-14-6-13-24(15-16-25)18-19-9-11-23-12-10-19/h4-5,7-12H,2-3,6,13-18H2,1H3. The predicted octanol–water partition coefficient (Wildman–Crippen LogP) is 3.61. The van der Waals surface area contributed by atoms with Crippen molar-refractivity contribution in [3.63, 3.8) is 0 Å². The summed E-state index contributed by atoms with van der Waals surface area (Å²) in [6.07, 6.45) is 6.72. The summed E-state index contributed by atoms with van der Waals surface area (Å²) >= 11 is 0. The van der Waals surface area contributed by atoms with Crippen LogP contribution in [0.5, 0.6) is 5.75 Å². The van der Waals surface area contributed by atoms with Crippen molar-refractivity contribution >= 4 is 5.91 Å². The Bertz CT molecular complexity index is 721. The molecule has 5 nitrogen and oxygen atoms in total. The van der Waals surface area contributed by atoms with E-state index < -0.39 is 0 Å². The summed E-state index contributed by atoms with van der Waals surface area (Å²) in [5.74, 6) is 0.779. The maximum Gasteiger partial charge on any atom is 0.257 e. The lowest BCUT2D eigenvalue weighted by Gasteiger charge is -2.23. The molecule has 1 fully saturated rings. The molecule has 0 aliphatic carbocycles. The monoisotopic (exact) mass is 367 g/mol. The van der Waals surface area contributed by atoms with Crippen LogP contribution in [0.25, 0.3) is 0 Å². The van der Waals surface area contributed by atoms with Crippen LogP contribution in [0.2, 0.25) is 0 Å². The molecule has 1 saturated heterocycles. The number of carbonyl (C=O) groups is 1. The number of rotatable bonds is 7. The average Bonchev–Trinajstić information content (AvgIpc) is 2.94. The SMILES string of the molecule is CCCCOc1ccccc1C(=O)N1CCCN(Cc2ccncc2)CC1. The third kappa shape index (κ3) is 5.54. The van der Waals surface area contributed by atoms with Gasteiger partial charge in [0.15, 0.2) is 0 Å². The van der Waals surface area contributed by atoms with E-state index in [1.54, 1.807) is 0 Å². The molecule has 0 spiro atoms. The molecule has 0 saturated carbocycles. The van der Waals surface area contributed by atoms with E-state index in [1.807, 2.05) is 41.6 Å². The maximum atomic E-state index is 13.1. The fourth-order valence-corrected chi connectivity index (χ4v) is 3.34. The molecule has 3 rings (SSSR count). The van der Waals surface area contributed by atoms with Crippen molar-refractivity contribution in [2.45, 2.75) is 32.7 Å². The first kappa shape index (κ1) is 19.4. The Kier molecular flexibility index (Phi) is 7.22. The van der Waals surface area contributed by atoms with Crippen LogP contribution in [-0.2, 0) is 6.54 Å². The Balaban J connectivity index is 1.61. The molecule has 27 heavy (non-hydrogen) atoms. The van der Waals surface area contributed by atoms with Gasteiger partial charge in [-0.1, -0.05) is 25.5 Å². The van der Waals surface area contributed by atoms with Crippen LogP contribution < -0.4 is 4.74 Å². The Hall–Kier alpha value is -2.40. The van der Waals surface area contributed by atoms with E-state index >= 15 is 0 Å². The van der Waals surface area contributed by atoms with Crippen molar-refractivity contribution in [2.75, 3.05) is 32.8 Å². The molecule has 1 aromatic carbocycles. The fourth-order valence-electron chi connectivity index (χ4n) is 3.34. The number of hydrogen-bond acceptors (Lipinski definition) is 4. The molecule has 1 aromatic heterocycles. The normalized spacial score (nSPS) is 15.4. The van der Waals surface area contributed by atoms with Crippen molar-refractivity contribution in [3.05, 3.63) is 59.9 Å². The van der Waals surface area contributed by atoms with Gasteiger partial charge in [0.1, 0.15) is 5.75 Å². The Morgan fingerprint density at radius 3 is 2.70 bits per heavy atom. The van der Waals surface area contributed by atoms with Gasteiger partial charge in [-0.15, -0.1) is 0 Å². The summed E-state index contributed by atoms with van der Waals surface area (Å²) in [6, 6.07) is 11.7. The van der Waals surface area contributed by atoms with E-state index in [9.17, 15) is 4.79 Å². The fraction of sp³-hybridized carbons (Fsp3) is 0.455. The molecule has 0 radical (unpaired) electrons. The van der Waals surface area contributed by atoms with Crippen LogP contribution in [0.4, 0.5) is 0 Å². The second-order valence-electron chi connectivity index (χ2n) is 6.98. The van der Waals surface area contributed by atoms with Gasteiger partial charge in [0.2, 0.25) is 0 Å². The number of nitrogens with zero attached hydrogens (tertiary/aromatic N) is 3. The van der Waals surface area contributed by atoms with E-state index in [0.29, 0.717) is 17.9 Å². The lowest BCUT2D eigenvalue weighted by Crippen LogP contribution is -2.35. The minimum absolute atomic E-state index is 0.0767. The second-order valence-corrected chi connectivity index (χ2v) is 6.98. The third-order valence-electron chi connectivity index (χ3n) is 4.90. The van der Waals surface area contributed by atoms with Gasteiger partial charge in [-0.3, -0.25) is 14.7 Å². The Labute approximate surface area is 162 Å². The highest BCUT2D eigenvalue weighted by molar-refractivity contribution is 5.97. The van der Waals surface area contributed by atoms with Gasteiger partial charge in [-0.25, -0.2) is 0 Å². The van der Waals surface area contributed by atoms with E-state index in [4.69, 9.17) is 4.74 Å². The number of amides is 1. The van der Waals surface area contributed by atoms with Crippen molar-refractivity contribution in [2.24, 2.45) is 0 Å². The molecule has 0 unspecified atom stereocenters. The van der Waals surface area contributed by atoms with Crippen LogP contribution in [0.3, 0.4) is 0 Å². The first-order valence-electron chi connectivity index (χ1n) is 9.90. The number of unbranched alkanes of at least 4 members (excludes halogenated alkanes) is 1. The molecule has 1 aliphatic heterocycles. The van der Waals surface area contributed by atoms with E-state index in [0.717, 1.165) is 52.0 Å². The topological polar surface area (TPSA) is 45.7 Å². The number of benzene rings is 1. The van der Waals surface area contributed by atoms with Gasteiger partial charge in [-0.2, -0.15) is 0 Å². The highest BCUT2D eigenvalue weighted by atomic mass is 16.5. The van der Waals surface area contributed by atoms with E-state index in [2.05, 4.69) is 28.9 Å². The van der Waals surface area contributed by atoms with Gasteiger partial charge in [0, 0.05) is 45.1 Å². The second kappa shape index (κ2) is 10.1. The Morgan fingerprint density at radius 1 is 1.07 bits per heavy atom. The number of carbonyl (C=O) groups excluding carboxylic acids is 1. The van der Waals surface area contributed by atoms with Crippen LogP contribution in [0.15, 0.2) is 48.8 Å². The smallest absolute Gasteiger partial charge is 0.257 e. The summed E-state index contributed by atoms with van der Waals surface area (Å²) in [4.78, 5) is 21.5. The zero-order valence-electron chi connectivity index (χ0n) is 16.1. The molecule has 1 aliphatic rings. The summed E-state index contributed by atoms with van der Waals surface area (Å²) in [5, 5.41) is 0. The number of aromatic nitrogens is 1. The van der Waals surface area contributed by atoms with Crippen LogP contribution >= 0.6 is 0 Å². The number of ether oxygens (including phenoxy) is 1. The summed E-state index contributed by atoms with van der Waals surface area (Å²) in [6.45, 7) is 7.10. The largest absolute Gasteiger partial charge is 0.493 e. The van der Waals surface area contributed by atoms with Gasteiger partial charge in [-0.05, 0) is 42.7 Å². The van der Waals surface area contributed by atoms with Crippen molar-refractivity contribution in [1.29, 1.82) is 0 Å². The molecule has 1 amide bonds. The molecule has 2 heterocycles. The van der Waals surface area contributed by atoms with Crippen molar-refractivity contribution in [1.82, 2.24) is 14.8 Å². The average molecular weight is 367 g/mol. The lowest BCUT2D eigenvalue weighted by atomic mass is 10.1. The van der Waals surface area contributed by atoms with E-state index in [-0.39, 0.29) is 5.91 Å². The highest BCUT2D eigenvalue weighted by Crippen LogP contribution is 2.21. The summed E-state index contributed by atoms with van der Waals surface area (Å²) in [7, 11) is 0. The highest BCUT2D eigenvalue weighted by Gasteiger charge is 2.22. The third-order valence-corrected chi connectivity index (χ3v) is 4.90. The van der Waals surface area contributed by atoms with Crippen molar-refractivity contribution < 1.29 is 9.53 Å². The van der Waals surface area contributed by atoms with Crippen LogP contribution in [-0.4, -0.2) is 53.5 Å². The lowest BCUT2D eigenvalue weighted by molar-refractivity contribution is 0.0756. The zero-order chi connectivity index (χ0) is 18.9. The molecular formula is C22H29N3O2. The van der Waals surface area contributed by atoms with Gasteiger partial charge >= 0.3 is 0 Å². The quantitative estimate of drug-likeness (QED) is 0.702. The van der Waals surface area contributed by atoms with Crippen molar-refractivity contribution in [3.8, 4) is 5.75 Å². The number of hydrogen-bond donors (Lipinski definition) is 0. The summed E-state index contributed by atoms with van der Waals surface area (Å²) < 4.78 is 5.86. The maximum absolute atomic E-state index is 13.1. The number of pyridine rings is 1. The molecule has 144 valence electrons. The summed E-state index contributed by atoms with van der Waals surface area (Å²) in [5.41, 5.74) is 1.94. The van der Waals surface area contributed by atoms with Crippen LogP contribution in [0.1, 0.15) is 42.1 Å². The Morgan fingerprint density at radius 2 is 1.89 bits per heavy atom. The molecule has 0 N–H and O–H groups in total. The first-order valence-corrected chi connectivity index (χ1v) is 9.90. The van der Waals surface area contributed by atoms with E-state index in [1.165, 1.54) is 5.56 Å². The minimum atomic E-state index is 0.0767. The molecule has 0 bridgehead atoms. The predicted molar refractivity (Wildman–Crippen MR) is 107 cm³/mol. The van der Waals surface area contributed by atoms with Gasteiger partial charge < -0.3 is 9.64 Å².